The third kappa shape index (κ3) is 5.96. The van der Waals surface area contributed by atoms with E-state index < -0.39 is 0 Å². The average molecular weight is 341 g/mol. The summed E-state index contributed by atoms with van der Waals surface area (Å²) in [6.45, 7) is 4.17. The lowest BCUT2D eigenvalue weighted by Crippen LogP contribution is -2.36. The van der Waals surface area contributed by atoms with Crippen LogP contribution in [0.15, 0.2) is 42.9 Å². The predicted molar refractivity (Wildman–Crippen MR) is 95.7 cm³/mol. The van der Waals surface area contributed by atoms with Gasteiger partial charge in [0.1, 0.15) is 6.33 Å². The van der Waals surface area contributed by atoms with Crippen LogP contribution in [0.25, 0.3) is 0 Å². The highest BCUT2D eigenvalue weighted by molar-refractivity contribution is 5.88. The first-order valence-corrected chi connectivity index (χ1v) is 8.05. The third-order valence-electron chi connectivity index (χ3n) is 3.85. The summed E-state index contributed by atoms with van der Waals surface area (Å²) in [7, 11) is 1.88. The van der Waals surface area contributed by atoms with Crippen LogP contribution in [-0.2, 0) is 16.1 Å². The van der Waals surface area contributed by atoms with Crippen molar-refractivity contribution >= 4 is 17.5 Å². The molecule has 0 aliphatic rings. The van der Waals surface area contributed by atoms with Gasteiger partial charge in [-0.05, 0) is 37.7 Å². The summed E-state index contributed by atoms with van der Waals surface area (Å²) in [5.74, 6) is -0.170. The van der Waals surface area contributed by atoms with Gasteiger partial charge >= 0.3 is 0 Å². The predicted octanol–water partition coefficient (Wildman–Crippen LogP) is 1.74. The van der Waals surface area contributed by atoms with Crippen LogP contribution < -0.4 is 10.6 Å². The molecule has 7 heteroatoms. The highest BCUT2D eigenvalue weighted by Crippen LogP contribution is 2.14. The molecular weight excluding hydrogens is 318 g/mol. The highest BCUT2D eigenvalue weighted by Gasteiger charge is 2.15. The SMILES string of the molecule is CC(=O)Nc1ccc(CNC(=O)CN(C)[C@@H](C)c2ccncn2)cc1. The van der Waals surface area contributed by atoms with Gasteiger partial charge in [0.25, 0.3) is 0 Å². The molecule has 1 aromatic carbocycles. The van der Waals surface area contributed by atoms with Gasteiger partial charge in [-0.2, -0.15) is 0 Å². The molecule has 0 bridgehead atoms. The molecule has 0 aliphatic heterocycles. The van der Waals surface area contributed by atoms with Crippen molar-refractivity contribution < 1.29 is 9.59 Å². The molecule has 0 saturated carbocycles. The maximum atomic E-state index is 12.1. The molecule has 1 heterocycles. The number of likely N-dealkylation sites (N-methyl/N-ethyl adjacent to an activating group) is 1. The molecule has 2 aromatic rings. The minimum atomic E-state index is -0.109. The molecule has 0 unspecified atom stereocenters. The van der Waals surface area contributed by atoms with Gasteiger partial charge in [-0.3, -0.25) is 14.5 Å². The number of hydrogen-bond donors (Lipinski definition) is 2. The third-order valence-corrected chi connectivity index (χ3v) is 3.85. The van der Waals surface area contributed by atoms with Crippen molar-refractivity contribution in [3.05, 3.63) is 54.1 Å². The van der Waals surface area contributed by atoms with Gasteiger partial charge in [0, 0.05) is 31.4 Å². The average Bonchev–Trinajstić information content (AvgIpc) is 2.60. The summed E-state index contributed by atoms with van der Waals surface area (Å²) in [5, 5.41) is 5.60. The van der Waals surface area contributed by atoms with Crippen molar-refractivity contribution in [3.63, 3.8) is 0 Å². The minimum Gasteiger partial charge on any atom is -0.351 e. The number of hydrogen-bond acceptors (Lipinski definition) is 5. The quantitative estimate of drug-likeness (QED) is 0.801. The lowest BCUT2D eigenvalue weighted by molar-refractivity contribution is -0.122. The van der Waals surface area contributed by atoms with E-state index in [1.165, 1.54) is 13.3 Å². The van der Waals surface area contributed by atoms with Crippen molar-refractivity contribution in [2.24, 2.45) is 0 Å². The minimum absolute atomic E-state index is 0.0192. The zero-order chi connectivity index (χ0) is 18.2. The summed E-state index contributed by atoms with van der Waals surface area (Å²) < 4.78 is 0. The van der Waals surface area contributed by atoms with E-state index in [1.807, 2.05) is 49.2 Å². The van der Waals surface area contributed by atoms with E-state index in [4.69, 9.17) is 0 Å². The molecule has 25 heavy (non-hydrogen) atoms. The van der Waals surface area contributed by atoms with Gasteiger partial charge in [0.2, 0.25) is 11.8 Å². The maximum Gasteiger partial charge on any atom is 0.234 e. The number of carbonyl (C=O) groups excluding carboxylic acids is 2. The number of aromatic nitrogens is 2. The molecule has 0 fully saturated rings. The molecule has 1 atom stereocenters. The van der Waals surface area contributed by atoms with Crippen molar-refractivity contribution in [3.8, 4) is 0 Å². The zero-order valence-electron chi connectivity index (χ0n) is 14.7. The van der Waals surface area contributed by atoms with Crippen molar-refractivity contribution in [2.75, 3.05) is 18.9 Å². The molecule has 2 N–H and O–H groups in total. The second kappa shape index (κ2) is 8.89. The van der Waals surface area contributed by atoms with Crippen LogP contribution in [0, 0.1) is 0 Å². The molecule has 0 aliphatic carbocycles. The van der Waals surface area contributed by atoms with Crippen LogP contribution in [-0.4, -0.2) is 40.3 Å². The Kier molecular flexibility index (Phi) is 6.59. The van der Waals surface area contributed by atoms with Crippen molar-refractivity contribution in [2.45, 2.75) is 26.4 Å². The summed E-state index contributed by atoms with van der Waals surface area (Å²) in [4.78, 5) is 33.2. The molecule has 132 valence electrons. The van der Waals surface area contributed by atoms with Crippen LogP contribution in [0.3, 0.4) is 0 Å². The molecule has 0 spiro atoms. The Labute approximate surface area is 147 Å². The van der Waals surface area contributed by atoms with E-state index in [0.717, 1.165) is 16.9 Å². The Bertz CT molecular complexity index is 703. The van der Waals surface area contributed by atoms with Crippen LogP contribution in [0.5, 0.6) is 0 Å². The smallest absolute Gasteiger partial charge is 0.234 e. The van der Waals surface area contributed by atoms with Gasteiger partial charge in [-0.25, -0.2) is 9.97 Å². The number of carbonyl (C=O) groups is 2. The summed E-state index contributed by atoms with van der Waals surface area (Å²) in [6.07, 6.45) is 3.20. The fourth-order valence-corrected chi connectivity index (χ4v) is 2.30. The Balaban J connectivity index is 1.81. The number of benzene rings is 1. The number of nitrogens with zero attached hydrogens (tertiary/aromatic N) is 3. The van der Waals surface area contributed by atoms with E-state index in [2.05, 4.69) is 20.6 Å². The summed E-state index contributed by atoms with van der Waals surface area (Å²) in [5.41, 5.74) is 2.58. The van der Waals surface area contributed by atoms with Gasteiger partial charge in [-0.15, -0.1) is 0 Å². The number of nitrogens with one attached hydrogen (secondary N) is 2. The van der Waals surface area contributed by atoms with E-state index in [-0.39, 0.29) is 24.4 Å². The standard InChI is InChI=1S/C18H23N5O2/c1-13(17-8-9-19-12-21-17)23(3)11-18(25)20-10-15-4-6-16(7-5-15)22-14(2)24/h4-9,12-13H,10-11H2,1-3H3,(H,20,25)(H,22,24)/t13-/m0/s1. The van der Waals surface area contributed by atoms with E-state index >= 15 is 0 Å². The molecule has 0 saturated heterocycles. The second-order valence-corrected chi connectivity index (χ2v) is 5.88. The first-order chi connectivity index (χ1) is 12.0. The van der Waals surface area contributed by atoms with Crippen molar-refractivity contribution in [1.82, 2.24) is 20.2 Å². The molecular formula is C18H23N5O2. The molecule has 2 amide bonds. The zero-order valence-corrected chi connectivity index (χ0v) is 14.7. The largest absolute Gasteiger partial charge is 0.351 e. The van der Waals surface area contributed by atoms with E-state index in [1.54, 1.807) is 6.20 Å². The maximum absolute atomic E-state index is 12.1. The Hall–Kier alpha value is -2.80. The first kappa shape index (κ1) is 18.5. The fourth-order valence-electron chi connectivity index (χ4n) is 2.30. The number of anilines is 1. The van der Waals surface area contributed by atoms with Crippen LogP contribution in [0.2, 0.25) is 0 Å². The Morgan fingerprint density at radius 3 is 2.52 bits per heavy atom. The van der Waals surface area contributed by atoms with Gasteiger partial charge in [0.15, 0.2) is 0 Å². The van der Waals surface area contributed by atoms with Crippen LogP contribution in [0.4, 0.5) is 5.69 Å². The summed E-state index contributed by atoms with van der Waals surface area (Å²) in [6, 6.07) is 9.23. The van der Waals surface area contributed by atoms with E-state index in [9.17, 15) is 9.59 Å². The normalized spacial score (nSPS) is 11.8. The Morgan fingerprint density at radius 2 is 1.92 bits per heavy atom. The van der Waals surface area contributed by atoms with Crippen molar-refractivity contribution in [1.29, 1.82) is 0 Å². The lowest BCUT2D eigenvalue weighted by atomic mass is 10.2. The lowest BCUT2D eigenvalue weighted by Gasteiger charge is -2.23. The highest BCUT2D eigenvalue weighted by atomic mass is 16.2. The van der Waals surface area contributed by atoms with Gasteiger partial charge < -0.3 is 10.6 Å². The molecule has 7 nitrogen and oxygen atoms in total. The number of rotatable bonds is 7. The fraction of sp³-hybridized carbons (Fsp3) is 0.333. The van der Waals surface area contributed by atoms with Crippen LogP contribution >= 0.6 is 0 Å². The second-order valence-electron chi connectivity index (χ2n) is 5.88. The first-order valence-electron chi connectivity index (χ1n) is 8.05. The molecule has 0 radical (unpaired) electrons. The van der Waals surface area contributed by atoms with Crippen LogP contribution in [0.1, 0.15) is 31.1 Å². The molecule has 1 aromatic heterocycles. The number of amides is 2. The van der Waals surface area contributed by atoms with Gasteiger partial charge in [-0.1, -0.05) is 12.1 Å². The summed E-state index contributed by atoms with van der Waals surface area (Å²) >= 11 is 0. The monoisotopic (exact) mass is 341 g/mol. The van der Waals surface area contributed by atoms with E-state index in [0.29, 0.717) is 6.54 Å². The topological polar surface area (TPSA) is 87.2 Å². The van der Waals surface area contributed by atoms with Gasteiger partial charge in [0.05, 0.1) is 12.2 Å². The Morgan fingerprint density at radius 1 is 1.20 bits per heavy atom. The molecule has 2 rings (SSSR count).